The molecule has 0 fully saturated rings. The fourth-order valence-corrected chi connectivity index (χ4v) is 7.78. The second-order valence-electron chi connectivity index (χ2n) is 13.9. The third-order valence-corrected chi connectivity index (χ3v) is 11.2. The predicted octanol–water partition coefficient (Wildman–Crippen LogP) is 6.98. The normalized spacial score (nSPS) is 17.9. The van der Waals surface area contributed by atoms with Crippen LogP contribution < -0.4 is 16.0 Å². The van der Waals surface area contributed by atoms with Gasteiger partial charge in [0.1, 0.15) is 22.4 Å². The SMILES string of the molecule is CCOC(=O)c1csc([C@@H](NC(=O)[C@@]2(NC(=O)[C@@H](NC(=O)Cc3ccccc3F)[C@@H](C)CC)CCc3[nH]c4c(C(F)(F)F)cccc4c3C2)[C@@H](C)CC)n1. The summed E-state index contributed by atoms with van der Waals surface area (Å²) in [6, 6.07) is 7.83. The number of halogens is 4. The molecule has 0 unspecified atom stereocenters. The molecule has 4 aromatic rings. The molecule has 0 bridgehead atoms. The van der Waals surface area contributed by atoms with Crippen molar-refractivity contribution in [2.75, 3.05) is 6.61 Å². The number of fused-ring (bicyclic) bond motifs is 3. The summed E-state index contributed by atoms with van der Waals surface area (Å²) < 4.78 is 61.7. The van der Waals surface area contributed by atoms with Crippen LogP contribution in [0.5, 0.6) is 0 Å². The van der Waals surface area contributed by atoms with Crippen LogP contribution in [0.1, 0.15) is 97.8 Å². The van der Waals surface area contributed by atoms with Crippen LogP contribution in [0.25, 0.3) is 10.9 Å². The van der Waals surface area contributed by atoms with E-state index in [2.05, 4.69) is 25.9 Å². The lowest BCUT2D eigenvalue weighted by Gasteiger charge is -2.39. The molecule has 290 valence electrons. The minimum atomic E-state index is -4.64. The van der Waals surface area contributed by atoms with E-state index in [9.17, 15) is 36.7 Å². The topological polar surface area (TPSA) is 142 Å². The molecule has 0 radical (unpaired) electrons. The summed E-state index contributed by atoms with van der Waals surface area (Å²) in [6.45, 7) is 9.26. The highest BCUT2D eigenvalue weighted by Gasteiger charge is 2.47. The summed E-state index contributed by atoms with van der Waals surface area (Å²) in [4.78, 5) is 62.2. The number of aromatic nitrogens is 2. The number of rotatable bonds is 14. The summed E-state index contributed by atoms with van der Waals surface area (Å²) in [6.07, 6.45) is -3.90. The molecule has 2 aromatic carbocycles. The van der Waals surface area contributed by atoms with E-state index in [-0.39, 0.29) is 60.4 Å². The van der Waals surface area contributed by atoms with Crippen LogP contribution in [0.4, 0.5) is 17.6 Å². The van der Waals surface area contributed by atoms with Gasteiger partial charge in [-0.15, -0.1) is 11.3 Å². The number of H-pyrrole nitrogens is 1. The Morgan fingerprint density at radius 2 is 1.72 bits per heavy atom. The van der Waals surface area contributed by atoms with E-state index >= 15 is 0 Å². The molecule has 15 heteroatoms. The second-order valence-corrected chi connectivity index (χ2v) is 14.8. The molecule has 0 saturated carbocycles. The fourth-order valence-electron chi connectivity index (χ4n) is 6.81. The number of nitrogens with one attached hydrogen (secondary N) is 4. The van der Waals surface area contributed by atoms with Gasteiger partial charge in [-0.2, -0.15) is 13.2 Å². The number of carbonyl (C=O) groups excluding carboxylic acids is 4. The van der Waals surface area contributed by atoms with Gasteiger partial charge in [-0.05, 0) is 54.9 Å². The number of thiazole rings is 1. The minimum Gasteiger partial charge on any atom is -0.461 e. The molecule has 5 atom stereocenters. The monoisotopic (exact) mass is 771 g/mol. The van der Waals surface area contributed by atoms with Crippen molar-refractivity contribution in [2.45, 2.75) is 96.9 Å². The van der Waals surface area contributed by atoms with Gasteiger partial charge < -0.3 is 25.7 Å². The van der Waals surface area contributed by atoms with Crippen molar-refractivity contribution < 1.29 is 41.5 Å². The summed E-state index contributed by atoms with van der Waals surface area (Å²) in [5.41, 5.74) is -1.41. The van der Waals surface area contributed by atoms with E-state index in [4.69, 9.17) is 4.74 Å². The number of hydrogen-bond donors (Lipinski definition) is 4. The number of aryl methyl sites for hydroxylation is 1. The number of carbonyl (C=O) groups is 4. The zero-order valence-electron chi connectivity index (χ0n) is 30.8. The number of benzene rings is 2. The Kier molecular flexibility index (Phi) is 12.5. The molecule has 0 saturated heterocycles. The predicted molar refractivity (Wildman–Crippen MR) is 196 cm³/mol. The summed E-state index contributed by atoms with van der Waals surface area (Å²) in [5.74, 6) is -3.64. The smallest absolute Gasteiger partial charge is 0.418 e. The minimum absolute atomic E-state index is 0.0152. The number of para-hydroxylation sites is 1. The average molecular weight is 772 g/mol. The molecule has 1 aliphatic rings. The van der Waals surface area contributed by atoms with Crippen LogP contribution in [-0.2, 0) is 44.6 Å². The summed E-state index contributed by atoms with van der Waals surface area (Å²) in [5, 5.41) is 11.0. The largest absolute Gasteiger partial charge is 0.461 e. The van der Waals surface area contributed by atoms with Crippen molar-refractivity contribution in [3.63, 3.8) is 0 Å². The van der Waals surface area contributed by atoms with E-state index in [1.54, 1.807) is 31.4 Å². The number of hydrogen-bond acceptors (Lipinski definition) is 7. The molecule has 0 aliphatic heterocycles. The van der Waals surface area contributed by atoms with Gasteiger partial charge in [-0.3, -0.25) is 14.4 Å². The van der Waals surface area contributed by atoms with Crippen LogP contribution in [0.3, 0.4) is 0 Å². The van der Waals surface area contributed by atoms with E-state index in [1.165, 1.54) is 35.6 Å². The quantitative estimate of drug-likeness (QED) is 0.0806. The molecular formula is C39H45F4N5O5S. The standard InChI is InChI=1S/C39H45F4N5O5S/c1-6-21(4)31(46-30(49)18-23-12-9-10-15-27(23)40)34(50)48-38(17-16-28-25(19-38)24-13-11-14-26(33(24)44-28)39(41,42)43)37(52)47-32(22(5)7-2)35-45-29(20-54-35)36(51)53-8-3/h9-15,20-22,31-32,44H,6-8,16-19H2,1-5H3,(H,46,49)(H,47,52)(H,48,50)/t21-,22-,31-,32-,38+/m0/s1. The molecule has 1 aliphatic carbocycles. The lowest BCUT2D eigenvalue weighted by atomic mass is 9.78. The third-order valence-electron chi connectivity index (χ3n) is 10.3. The molecule has 0 spiro atoms. The highest BCUT2D eigenvalue weighted by molar-refractivity contribution is 7.09. The first-order chi connectivity index (χ1) is 25.6. The second kappa shape index (κ2) is 16.7. The van der Waals surface area contributed by atoms with Gasteiger partial charge in [0.2, 0.25) is 17.7 Å². The van der Waals surface area contributed by atoms with E-state index in [0.717, 1.165) is 6.07 Å². The van der Waals surface area contributed by atoms with Gasteiger partial charge in [-0.1, -0.05) is 70.9 Å². The Morgan fingerprint density at radius 1 is 1.00 bits per heavy atom. The summed E-state index contributed by atoms with van der Waals surface area (Å²) >= 11 is 1.17. The number of alkyl halides is 3. The number of esters is 1. The molecule has 2 heterocycles. The average Bonchev–Trinajstić information content (AvgIpc) is 3.78. The van der Waals surface area contributed by atoms with Gasteiger partial charge in [-0.25, -0.2) is 14.2 Å². The van der Waals surface area contributed by atoms with Crippen molar-refractivity contribution in [3.05, 3.63) is 86.7 Å². The Balaban J connectivity index is 1.53. The number of aromatic amines is 1. The molecule has 5 rings (SSSR count). The van der Waals surface area contributed by atoms with Crippen molar-refractivity contribution in [2.24, 2.45) is 11.8 Å². The Bertz CT molecular complexity index is 2010. The van der Waals surface area contributed by atoms with Gasteiger partial charge in [0.25, 0.3) is 0 Å². The van der Waals surface area contributed by atoms with Crippen molar-refractivity contribution in [1.82, 2.24) is 25.9 Å². The number of ether oxygens (including phenoxy) is 1. The van der Waals surface area contributed by atoms with E-state index in [0.29, 0.717) is 29.1 Å². The molecule has 3 amide bonds. The van der Waals surface area contributed by atoms with Gasteiger partial charge >= 0.3 is 12.1 Å². The van der Waals surface area contributed by atoms with E-state index in [1.807, 2.05) is 20.8 Å². The van der Waals surface area contributed by atoms with Crippen molar-refractivity contribution >= 4 is 45.9 Å². The number of nitrogens with zero attached hydrogens (tertiary/aromatic N) is 1. The fraction of sp³-hybridized carbons (Fsp3) is 0.462. The Labute approximate surface area is 314 Å². The first-order valence-corrected chi connectivity index (χ1v) is 19.0. The molecule has 2 aromatic heterocycles. The zero-order valence-corrected chi connectivity index (χ0v) is 31.6. The highest BCUT2D eigenvalue weighted by atomic mass is 32.1. The van der Waals surface area contributed by atoms with Crippen molar-refractivity contribution in [1.29, 1.82) is 0 Å². The molecular weight excluding hydrogens is 727 g/mol. The first kappa shape index (κ1) is 40.4. The Morgan fingerprint density at radius 3 is 2.39 bits per heavy atom. The zero-order chi connectivity index (χ0) is 39.4. The lowest BCUT2D eigenvalue weighted by molar-refractivity contribution is -0.137. The maximum atomic E-state index is 14.8. The highest BCUT2D eigenvalue weighted by Crippen LogP contribution is 2.40. The van der Waals surface area contributed by atoms with Crippen LogP contribution in [-0.4, -0.2) is 51.8 Å². The van der Waals surface area contributed by atoms with Crippen LogP contribution in [0.15, 0.2) is 47.8 Å². The summed E-state index contributed by atoms with van der Waals surface area (Å²) in [7, 11) is 0. The molecule has 54 heavy (non-hydrogen) atoms. The maximum absolute atomic E-state index is 14.8. The third kappa shape index (κ3) is 8.61. The van der Waals surface area contributed by atoms with Gasteiger partial charge in [0.05, 0.1) is 30.1 Å². The lowest BCUT2D eigenvalue weighted by Crippen LogP contribution is -2.65. The van der Waals surface area contributed by atoms with Crippen LogP contribution >= 0.6 is 11.3 Å². The maximum Gasteiger partial charge on any atom is 0.418 e. The molecule has 10 nitrogen and oxygen atoms in total. The van der Waals surface area contributed by atoms with Gasteiger partial charge in [0.15, 0.2) is 5.69 Å². The van der Waals surface area contributed by atoms with Gasteiger partial charge in [0, 0.05) is 22.9 Å². The van der Waals surface area contributed by atoms with E-state index < -0.39 is 64.8 Å². The molecule has 4 N–H and O–H groups in total. The number of amides is 3. The first-order valence-electron chi connectivity index (χ1n) is 18.1. The Hall–Kier alpha value is -4.79. The van der Waals surface area contributed by atoms with Crippen LogP contribution in [0, 0.1) is 17.7 Å². The van der Waals surface area contributed by atoms with Crippen LogP contribution in [0.2, 0.25) is 0 Å². The van der Waals surface area contributed by atoms with Crippen molar-refractivity contribution in [3.8, 4) is 0 Å².